The van der Waals surface area contributed by atoms with E-state index in [1.807, 2.05) is 20.8 Å². The van der Waals surface area contributed by atoms with Gasteiger partial charge in [-0.25, -0.2) is 21.8 Å². The highest BCUT2D eigenvalue weighted by atomic mass is 32.2. The molecule has 24 heavy (non-hydrogen) atoms. The molecule has 1 heterocycles. The van der Waals surface area contributed by atoms with E-state index in [1.54, 1.807) is 12.1 Å². The van der Waals surface area contributed by atoms with Gasteiger partial charge >= 0.3 is 0 Å². The van der Waals surface area contributed by atoms with Gasteiger partial charge in [0.05, 0.1) is 10.6 Å². The number of aromatic nitrogens is 1. The number of thiazole rings is 1. The zero-order chi connectivity index (χ0) is 18.1. The molecule has 0 aliphatic heterocycles. The molecule has 0 atom stereocenters. The molecular weight excluding hydrogens is 368 g/mol. The molecule has 0 amide bonds. The number of rotatable bonds is 6. The van der Waals surface area contributed by atoms with Crippen LogP contribution in [0, 0.1) is 6.92 Å². The van der Waals surface area contributed by atoms with Crippen LogP contribution in [0.5, 0.6) is 0 Å². The van der Waals surface area contributed by atoms with E-state index in [0.29, 0.717) is 0 Å². The average molecular weight is 389 g/mol. The Kier molecular flexibility index (Phi) is 5.36. The number of nitrogens with zero attached hydrogens (tertiary/aromatic N) is 1. The number of anilines is 1. The minimum Gasteiger partial charge on any atom is -0.372 e. The van der Waals surface area contributed by atoms with Gasteiger partial charge in [-0.3, -0.25) is 0 Å². The number of hydrogen-bond donors (Lipinski definition) is 1. The van der Waals surface area contributed by atoms with Crippen LogP contribution in [0.2, 0.25) is 0 Å². The van der Waals surface area contributed by atoms with Crippen molar-refractivity contribution in [3.8, 4) is 0 Å². The van der Waals surface area contributed by atoms with E-state index in [4.69, 9.17) is 0 Å². The number of benzene rings is 1. The summed E-state index contributed by atoms with van der Waals surface area (Å²) in [7, 11) is -7.49. The van der Waals surface area contributed by atoms with Crippen molar-refractivity contribution in [2.45, 2.75) is 48.0 Å². The molecule has 9 heteroatoms. The van der Waals surface area contributed by atoms with E-state index in [9.17, 15) is 16.8 Å². The second-order valence-electron chi connectivity index (χ2n) is 5.63. The zero-order valence-electron chi connectivity index (χ0n) is 13.9. The molecule has 0 aliphatic carbocycles. The fourth-order valence-electron chi connectivity index (χ4n) is 1.91. The molecule has 0 radical (unpaired) electrons. The molecule has 6 nitrogen and oxygen atoms in total. The van der Waals surface area contributed by atoms with Crippen LogP contribution in [0.1, 0.15) is 26.3 Å². The third-order valence-electron chi connectivity index (χ3n) is 3.23. The van der Waals surface area contributed by atoms with Crippen molar-refractivity contribution in [1.29, 1.82) is 0 Å². The lowest BCUT2D eigenvalue weighted by Gasteiger charge is -2.09. The molecule has 132 valence electrons. The third-order valence-corrected chi connectivity index (χ3v) is 8.23. The first-order chi connectivity index (χ1) is 11.1. The van der Waals surface area contributed by atoms with Gasteiger partial charge in [0.1, 0.15) is 5.00 Å². The Morgan fingerprint density at radius 2 is 1.71 bits per heavy atom. The normalized spacial score (nSPS) is 12.5. The molecule has 0 bridgehead atoms. The summed E-state index contributed by atoms with van der Waals surface area (Å²) >= 11 is 0.855. The predicted molar refractivity (Wildman–Crippen MR) is 95.2 cm³/mol. The lowest BCUT2D eigenvalue weighted by Crippen LogP contribution is -2.12. The Balaban J connectivity index is 2.65. The van der Waals surface area contributed by atoms with Crippen molar-refractivity contribution >= 4 is 36.0 Å². The van der Waals surface area contributed by atoms with Crippen LogP contribution < -0.4 is 5.32 Å². The van der Waals surface area contributed by atoms with Crippen molar-refractivity contribution in [2.75, 3.05) is 11.1 Å². The molecule has 1 aromatic carbocycles. The van der Waals surface area contributed by atoms with Crippen molar-refractivity contribution in [1.82, 2.24) is 4.98 Å². The van der Waals surface area contributed by atoms with Gasteiger partial charge in [-0.15, -0.1) is 0 Å². The zero-order valence-corrected chi connectivity index (χ0v) is 16.3. The molecule has 0 aliphatic rings. The molecule has 2 aromatic rings. The molecule has 1 aromatic heterocycles. The van der Waals surface area contributed by atoms with E-state index in [1.165, 1.54) is 19.1 Å². The largest absolute Gasteiger partial charge is 0.372 e. The van der Waals surface area contributed by atoms with E-state index >= 15 is 0 Å². The first kappa shape index (κ1) is 18.9. The van der Waals surface area contributed by atoms with Gasteiger partial charge in [0.25, 0.3) is 0 Å². The summed E-state index contributed by atoms with van der Waals surface area (Å²) in [5, 5.41) is 3.00. The molecule has 2 rings (SSSR count). The van der Waals surface area contributed by atoms with Crippen LogP contribution in [0.25, 0.3) is 0 Å². The summed E-state index contributed by atoms with van der Waals surface area (Å²) in [6.07, 6.45) is 0. The van der Waals surface area contributed by atoms with Crippen molar-refractivity contribution in [2.24, 2.45) is 0 Å². The molecular formula is C15H20N2O4S3. The summed E-state index contributed by atoms with van der Waals surface area (Å²) in [5.41, 5.74) is 0.932. The number of sulfone groups is 2. The average Bonchev–Trinajstić information content (AvgIpc) is 2.92. The lowest BCUT2D eigenvalue weighted by atomic mass is 10.2. The van der Waals surface area contributed by atoms with Crippen LogP contribution in [-0.2, 0) is 19.7 Å². The van der Waals surface area contributed by atoms with Crippen molar-refractivity contribution in [3.63, 3.8) is 0 Å². The molecule has 0 fully saturated rings. The first-order valence-electron chi connectivity index (χ1n) is 7.40. The lowest BCUT2D eigenvalue weighted by molar-refractivity contribution is 0.590. The Morgan fingerprint density at radius 3 is 2.21 bits per heavy atom. The summed E-state index contributed by atoms with van der Waals surface area (Å²) < 4.78 is 49.8. The van der Waals surface area contributed by atoms with Crippen LogP contribution in [0.3, 0.4) is 0 Å². The van der Waals surface area contributed by atoms with Gasteiger partial charge in [0, 0.05) is 6.04 Å². The minimum absolute atomic E-state index is 0.0606. The van der Waals surface area contributed by atoms with Gasteiger partial charge in [-0.05, 0) is 32.9 Å². The molecule has 0 saturated heterocycles. The van der Waals surface area contributed by atoms with E-state index in [0.717, 1.165) is 16.9 Å². The Morgan fingerprint density at radius 1 is 1.12 bits per heavy atom. The van der Waals surface area contributed by atoms with Gasteiger partial charge in [-0.2, -0.15) is 0 Å². The summed E-state index contributed by atoms with van der Waals surface area (Å²) in [6, 6.07) is 6.32. The van der Waals surface area contributed by atoms with Crippen LogP contribution in [0.4, 0.5) is 5.00 Å². The Bertz CT molecular complexity index is 928. The SMILES string of the molecule is CCS(=O)(=O)c1nc(S(=O)(=O)c2ccc(C)cc2)c(NC(C)C)s1. The Labute approximate surface area is 146 Å². The summed E-state index contributed by atoms with van der Waals surface area (Å²) in [6.45, 7) is 7.04. The monoisotopic (exact) mass is 388 g/mol. The van der Waals surface area contributed by atoms with E-state index < -0.39 is 19.7 Å². The Hall–Kier alpha value is -1.45. The highest BCUT2D eigenvalue weighted by Gasteiger charge is 2.30. The predicted octanol–water partition coefficient (Wildman–Crippen LogP) is 2.90. The van der Waals surface area contributed by atoms with Gasteiger partial charge in [-0.1, -0.05) is 36.0 Å². The van der Waals surface area contributed by atoms with Crippen molar-refractivity contribution < 1.29 is 16.8 Å². The smallest absolute Gasteiger partial charge is 0.226 e. The highest BCUT2D eigenvalue weighted by Crippen LogP contribution is 2.35. The number of hydrogen-bond acceptors (Lipinski definition) is 7. The number of aryl methyl sites for hydroxylation is 1. The first-order valence-corrected chi connectivity index (χ1v) is 11.3. The third kappa shape index (κ3) is 3.79. The fraction of sp³-hybridized carbons (Fsp3) is 0.400. The molecule has 0 spiro atoms. The maximum absolute atomic E-state index is 12.9. The second-order valence-corrected chi connectivity index (χ2v) is 10.9. The molecule has 0 unspecified atom stereocenters. The van der Waals surface area contributed by atoms with Gasteiger partial charge < -0.3 is 5.32 Å². The van der Waals surface area contributed by atoms with E-state index in [2.05, 4.69) is 10.3 Å². The highest BCUT2D eigenvalue weighted by molar-refractivity contribution is 7.94. The summed E-state index contributed by atoms with van der Waals surface area (Å²) in [5.74, 6) is -0.133. The maximum Gasteiger partial charge on any atom is 0.226 e. The van der Waals surface area contributed by atoms with Crippen LogP contribution in [0.15, 0.2) is 38.5 Å². The topological polar surface area (TPSA) is 93.2 Å². The van der Waals surface area contributed by atoms with Crippen LogP contribution >= 0.6 is 11.3 Å². The molecule has 1 N–H and O–H groups in total. The van der Waals surface area contributed by atoms with Gasteiger partial charge in [0.15, 0.2) is 5.03 Å². The maximum atomic E-state index is 12.9. The second kappa shape index (κ2) is 6.81. The quantitative estimate of drug-likeness (QED) is 0.818. The summed E-state index contributed by atoms with van der Waals surface area (Å²) in [4.78, 5) is 4.04. The number of nitrogens with one attached hydrogen (secondary N) is 1. The van der Waals surface area contributed by atoms with Gasteiger partial charge in [0.2, 0.25) is 24.0 Å². The van der Waals surface area contributed by atoms with E-state index in [-0.39, 0.29) is 31.1 Å². The minimum atomic E-state index is -3.91. The van der Waals surface area contributed by atoms with Crippen molar-refractivity contribution in [3.05, 3.63) is 29.8 Å². The molecule has 0 saturated carbocycles. The fourth-order valence-corrected chi connectivity index (χ4v) is 6.04. The standard InChI is InChI=1S/C15H20N2O4S3/c1-5-23(18,19)15-17-14(13(22-15)16-10(2)3)24(20,21)12-8-6-11(4)7-9-12/h6-10,16H,5H2,1-4H3. The van der Waals surface area contributed by atoms with Crippen LogP contribution in [-0.4, -0.2) is 33.6 Å².